The highest BCUT2D eigenvalue weighted by molar-refractivity contribution is 5.75. The fourth-order valence-electron chi connectivity index (χ4n) is 3.27. The molecule has 1 aliphatic carbocycles. The Morgan fingerprint density at radius 2 is 1.81 bits per heavy atom. The number of carbonyl (C=O) groups excluding carboxylic acids is 1. The van der Waals surface area contributed by atoms with Crippen LogP contribution in [0, 0.1) is 0 Å². The van der Waals surface area contributed by atoms with Crippen molar-refractivity contribution >= 4 is 6.03 Å². The van der Waals surface area contributed by atoms with Crippen LogP contribution in [-0.4, -0.2) is 21.9 Å². The summed E-state index contributed by atoms with van der Waals surface area (Å²) in [5, 5.41) is 10.3. The fraction of sp³-hybridized carbons (Fsp3) is 0.238. The van der Waals surface area contributed by atoms with Crippen LogP contribution in [0.25, 0.3) is 0 Å². The number of aromatic nitrogens is 2. The molecule has 1 aromatic heterocycles. The number of nitrogens with zero attached hydrogens (tertiary/aromatic N) is 2. The second-order valence-electron chi connectivity index (χ2n) is 6.66. The first-order chi connectivity index (χ1) is 12.8. The molecule has 0 spiro atoms. The SMILES string of the molecule is O=C(NCc1ccccc1Cn1cccn1)NC1CC1c1ccccc1. The van der Waals surface area contributed by atoms with Crippen molar-refractivity contribution in [2.45, 2.75) is 31.5 Å². The van der Waals surface area contributed by atoms with Crippen LogP contribution in [-0.2, 0) is 13.1 Å². The lowest BCUT2D eigenvalue weighted by atomic mass is 10.1. The molecule has 1 aliphatic rings. The van der Waals surface area contributed by atoms with E-state index in [2.05, 4.69) is 33.9 Å². The molecule has 2 atom stereocenters. The number of rotatable bonds is 6. The van der Waals surface area contributed by atoms with Crippen LogP contribution in [0.5, 0.6) is 0 Å². The van der Waals surface area contributed by atoms with Crippen molar-refractivity contribution in [1.82, 2.24) is 20.4 Å². The second-order valence-corrected chi connectivity index (χ2v) is 6.66. The van der Waals surface area contributed by atoms with E-state index in [1.165, 1.54) is 5.56 Å². The van der Waals surface area contributed by atoms with Crippen LogP contribution >= 0.6 is 0 Å². The minimum Gasteiger partial charge on any atom is -0.335 e. The van der Waals surface area contributed by atoms with Gasteiger partial charge in [0, 0.05) is 30.9 Å². The maximum Gasteiger partial charge on any atom is 0.315 e. The molecule has 26 heavy (non-hydrogen) atoms. The van der Waals surface area contributed by atoms with Gasteiger partial charge >= 0.3 is 6.03 Å². The highest BCUT2D eigenvalue weighted by atomic mass is 16.2. The van der Waals surface area contributed by atoms with Crippen molar-refractivity contribution in [2.24, 2.45) is 0 Å². The normalized spacial score (nSPS) is 18.3. The van der Waals surface area contributed by atoms with Gasteiger partial charge in [-0.2, -0.15) is 5.10 Å². The van der Waals surface area contributed by atoms with E-state index in [0.29, 0.717) is 19.0 Å². The van der Waals surface area contributed by atoms with Crippen LogP contribution in [0.4, 0.5) is 4.79 Å². The molecule has 2 N–H and O–H groups in total. The van der Waals surface area contributed by atoms with E-state index in [-0.39, 0.29) is 12.1 Å². The summed E-state index contributed by atoms with van der Waals surface area (Å²) >= 11 is 0. The molecule has 132 valence electrons. The third-order valence-electron chi connectivity index (χ3n) is 4.78. The van der Waals surface area contributed by atoms with Crippen molar-refractivity contribution in [3.05, 3.63) is 89.7 Å². The molecule has 5 heteroatoms. The summed E-state index contributed by atoms with van der Waals surface area (Å²) in [5.41, 5.74) is 3.56. The summed E-state index contributed by atoms with van der Waals surface area (Å²) < 4.78 is 1.88. The predicted octanol–water partition coefficient (Wildman–Crippen LogP) is 3.29. The zero-order valence-corrected chi connectivity index (χ0v) is 14.5. The molecule has 0 saturated heterocycles. The lowest BCUT2D eigenvalue weighted by molar-refractivity contribution is 0.240. The van der Waals surface area contributed by atoms with Gasteiger partial charge in [-0.3, -0.25) is 4.68 Å². The summed E-state index contributed by atoms with van der Waals surface area (Å²) in [6.07, 6.45) is 4.72. The highest BCUT2D eigenvalue weighted by Crippen LogP contribution is 2.40. The monoisotopic (exact) mass is 346 g/mol. The Kier molecular flexibility index (Phi) is 4.69. The van der Waals surface area contributed by atoms with E-state index in [9.17, 15) is 4.79 Å². The van der Waals surface area contributed by atoms with E-state index in [0.717, 1.165) is 17.5 Å². The molecule has 1 fully saturated rings. The van der Waals surface area contributed by atoms with E-state index in [1.807, 2.05) is 53.3 Å². The van der Waals surface area contributed by atoms with E-state index < -0.39 is 0 Å². The Labute approximate surface area is 153 Å². The molecule has 1 saturated carbocycles. The molecule has 0 aliphatic heterocycles. The van der Waals surface area contributed by atoms with Gasteiger partial charge < -0.3 is 10.6 Å². The fourth-order valence-corrected chi connectivity index (χ4v) is 3.27. The van der Waals surface area contributed by atoms with Gasteiger partial charge in [-0.25, -0.2) is 4.79 Å². The number of hydrogen-bond acceptors (Lipinski definition) is 2. The zero-order valence-electron chi connectivity index (χ0n) is 14.5. The molecule has 1 heterocycles. The van der Waals surface area contributed by atoms with Crippen molar-refractivity contribution in [1.29, 1.82) is 0 Å². The Morgan fingerprint density at radius 3 is 2.58 bits per heavy atom. The maximum atomic E-state index is 12.2. The van der Waals surface area contributed by atoms with Gasteiger partial charge in [0.15, 0.2) is 0 Å². The smallest absolute Gasteiger partial charge is 0.315 e. The standard InChI is InChI=1S/C21H22N4O/c26-21(24-20-13-19(20)16-7-2-1-3-8-16)22-14-17-9-4-5-10-18(17)15-25-12-6-11-23-25/h1-12,19-20H,13-15H2,(H2,22,24,26). The molecule has 0 radical (unpaired) electrons. The number of hydrogen-bond donors (Lipinski definition) is 2. The summed E-state index contributed by atoms with van der Waals surface area (Å²) in [4.78, 5) is 12.2. The molecule has 0 bridgehead atoms. The largest absolute Gasteiger partial charge is 0.335 e. The van der Waals surface area contributed by atoms with Gasteiger partial charge in [0.25, 0.3) is 0 Å². The number of urea groups is 1. The molecule has 2 amide bonds. The highest BCUT2D eigenvalue weighted by Gasteiger charge is 2.39. The Balaban J connectivity index is 1.30. The molecule has 2 aromatic carbocycles. The third kappa shape index (κ3) is 3.94. The van der Waals surface area contributed by atoms with Gasteiger partial charge in [0.05, 0.1) is 6.54 Å². The summed E-state index contributed by atoms with van der Waals surface area (Å²) in [6.45, 7) is 1.21. The molecular formula is C21H22N4O. The summed E-state index contributed by atoms with van der Waals surface area (Å²) in [6, 6.07) is 20.5. The maximum absolute atomic E-state index is 12.2. The minimum atomic E-state index is -0.109. The van der Waals surface area contributed by atoms with Crippen molar-refractivity contribution in [3.8, 4) is 0 Å². The predicted molar refractivity (Wildman–Crippen MR) is 101 cm³/mol. The molecule has 2 unspecified atom stereocenters. The van der Waals surface area contributed by atoms with Gasteiger partial charge in [-0.1, -0.05) is 54.6 Å². The van der Waals surface area contributed by atoms with Gasteiger partial charge in [0.1, 0.15) is 0 Å². The summed E-state index contributed by atoms with van der Waals surface area (Å²) in [7, 11) is 0. The van der Waals surface area contributed by atoms with Crippen LogP contribution < -0.4 is 10.6 Å². The average Bonchev–Trinajstić information content (AvgIpc) is 3.24. The summed E-state index contributed by atoms with van der Waals surface area (Å²) in [5.74, 6) is 0.439. The van der Waals surface area contributed by atoms with Crippen molar-refractivity contribution in [3.63, 3.8) is 0 Å². The average molecular weight is 346 g/mol. The number of nitrogens with one attached hydrogen (secondary N) is 2. The van der Waals surface area contributed by atoms with E-state index >= 15 is 0 Å². The lowest BCUT2D eigenvalue weighted by Gasteiger charge is -2.12. The Morgan fingerprint density at radius 1 is 1.04 bits per heavy atom. The lowest BCUT2D eigenvalue weighted by Crippen LogP contribution is -2.37. The third-order valence-corrected chi connectivity index (χ3v) is 4.78. The topological polar surface area (TPSA) is 59.0 Å². The van der Waals surface area contributed by atoms with Gasteiger partial charge in [-0.05, 0) is 29.2 Å². The van der Waals surface area contributed by atoms with Crippen molar-refractivity contribution in [2.75, 3.05) is 0 Å². The second kappa shape index (κ2) is 7.44. The molecular weight excluding hydrogens is 324 g/mol. The van der Waals surface area contributed by atoms with Crippen LogP contribution in [0.3, 0.4) is 0 Å². The number of amides is 2. The Bertz CT molecular complexity index is 861. The van der Waals surface area contributed by atoms with Gasteiger partial charge in [0.2, 0.25) is 0 Å². The number of benzene rings is 2. The van der Waals surface area contributed by atoms with E-state index in [1.54, 1.807) is 6.20 Å². The first-order valence-electron chi connectivity index (χ1n) is 8.93. The van der Waals surface area contributed by atoms with Crippen molar-refractivity contribution < 1.29 is 4.79 Å². The Hall–Kier alpha value is -3.08. The first kappa shape index (κ1) is 16.4. The molecule has 3 aromatic rings. The van der Waals surface area contributed by atoms with Crippen LogP contribution in [0.1, 0.15) is 29.0 Å². The molecule has 4 rings (SSSR count). The zero-order chi connectivity index (χ0) is 17.8. The quantitative estimate of drug-likeness (QED) is 0.719. The molecule has 5 nitrogen and oxygen atoms in total. The van der Waals surface area contributed by atoms with E-state index in [4.69, 9.17) is 0 Å². The van der Waals surface area contributed by atoms with Crippen LogP contribution in [0.2, 0.25) is 0 Å². The van der Waals surface area contributed by atoms with Crippen LogP contribution in [0.15, 0.2) is 73.1 Å². The minimum absolute atomic E-state index is 0.109. The van der Waals surface area contributed by atoms with Gasteiger partial charge in [-0.15, -0.1) is 0 Å². The first-order valence-corrected chi connectivity index (χ1v) is 8.93. The number of carbonyl (C=O) groups is 1.